The molecule has 1 atom stereocenters. The van der Waals surface area contributed by atoms with E-state index in [1.807, 2.05) is 6.92 Å². The molecule has 6 nitrogen and oxygen atoms in total. The van der Waals surface area contributed by atoms with Gasteiger partial charge in [0.2, 0.25) is 0 Å². The maximum Gasteiger partial charge on any atom is 0.340 e. The molecule has 26 heavy (non-hydrogen) atoms. The molecular weight excluding hydrogens is 332 g/mol. The van der Waals surface area contributed by atoms with Gasteiger partial charge in [0.15, 0.2) is 6.04 Å². The van der Waals surface area contributed by atoms with Crippen LogP contribution < -0.4 is 10.1 Å². The summed E-state index contributed by atoms with van der Waals surface area (Å²) >= 11 is 0. The average molecular weight is 365 g/mol. The van der Waals surface area contributed by atoms with E-state index in [9.17, 15) is 9.59 Å². The molecule has 1 unspecified atom stereocenters. The summed E-state index contributed by atoms with van der Waals surface area (Å²) in [7, 11) is 4.96. The molecule has 0 bridgehead atoms. The number of ether oxygens (including phenoxy) is 2. The Balaban J connectivity index is 3.31. The van der Waals surface area contributed by atoms with Gasteiger partial charge in [0.1, 0.15) is 5.75 Å². The standard InChI is InChI=1S/C20H32N2O4/c1-8-11-17(22(5,9-2)10-3)19(23)21-18-14(4)12-15(25-6)13-16(18)20(24)26-7/h12-13,17H,8-11H2,1-7H3/p+1. The summed E-state index contributed by atoms with van der Waals surface area (Å²) in [6.45, 7) is 9.83. The van der Waals surface area contributed by atoms with Crippen molar-refractivity contribution in [3.63, 3.8) is 0 Å². The maximum atomic E-state index is 13.1. The topological polar surface area (TPSA) is 64.6 Å². The summed E-state index contributed by atoms with van der Waals surface area (Å²) in [6.07, 6.45) is 1.70. The van der Waals surface area contributed by atoms with Crippen molar-refractivity contribution in [2.75, 3.05) is 39.7 Å². The summed E-state index contributed by atoms with van der Waals surface area (Å²) < 4.78 is 10.8. The molecule has 0 saturated heterocycles. The van der Waals surface area contributed by atoms with Gasteiger partial charge < -0.3 is 19.3 Å². The molecule has 0 spiro atoms. The summed E-state index contributed by atoms with van der Waals surface area (Å²) in [5.74, 6) is -0.0252. The first kappa shape index (κ1) is 22.0. The maximum absolute atomic E-state index is 13.1. The van der Waals surface area contributed by atoms with Crippen molar-refractivity contribution >= 4 is 17.6 Å². The minimum Gasteiger partial charge on any atom is -0.497 e. The molecule has 0 saturated carbocycles. The van der Waals surface area contributed by atoms with Crippen LogP contribution in [-0.4, -0.2) is 56.8 Å². The molecule has 6 heteroatoms. The zero-order chi connectivity index (χ0) is 19.9. The Morgan fingerprint density at radius 3 is 2.23 bits per heavy atom. The second-order valence-electron chi connectivity index (χ2n) is 6.76. The highest BCUT2D eigenvalue weighted by Gasteiger charge is 2.35. The number of hydrogen-bond acceptors (Lipinski definition) is 4. The number of hydrogen-bond donors (Lipinski definition) is 1. The lowest BCUT2D eigenvalue weighted by Crippen LogP contribution is -2.57. The Morgan fingerprint density at radius 2 is 1.77 bits per heavy atom. The third kappa shape index (κ3) is 4.75. The highest BCUT2D eigenvalue weighted by molar-refractivity contribution is 6.03. The van der Waals surface area contributed by atoms with E-state index < -0.39 is 5.97 Å². The quantitative estimate of drug-likeness (QED) is 0.538. The van der Waals surface area contributed by atoms with E-state index in [1.165, 1.54) is 14.2 Å². The predicted octanol–water partition coefficient (Wildman–Crippen LogP) is 3.38. The first-order valence-electron chi connectivity index (χ1n) is 9.19. The Hall–Kier alpha value is -2.08. The van der Waals surface area contributed by atoms with Crippen molar-refractivity contribution in [2.45, 2.75) is 46.6 Å². The van der Waals surface area contributed by atoms with Gasteiger partial charge in [0.25, 0.3) is 5.91 Å². The van der Waals surface area contributed by atoms with Crippen molar-refractivity contribution < 1.29 is 23.5 Å². The van der Waals surface area contributed by atoms with Crippen LogP contribution in [0.1, 0.15) is 49.5 Å². The van der Waals surface area contributed by atoms with Gasteiger partial charge in [-0.2, -0.15) is 0 Å². The van der Waals surface area contributed by atoms with Crippen LogP contribution in [0, 0.1) is 6.92 Å². The van der Waals surface area contributed by atoms with Crippen LogP contribution in [0.25, 0.3) is 0 Å². The number of methoxy groups -OCH3 is 2. The molecule has 0 aliphatic rings. The van der Waals surface area contributed by atoms with Gasteiger partial charge in [-0.1, -0.05) is 6.92 Å². The number of anilines is 1. The summed E-state index contributed by atoms with van der Waals surface area (Å²) in [6, 6.07) is 3.21. The van der Waals surface area contributed by atoms with Gasteiger partial charge in [-0.25, -0.2) is 4.79 Å². The van der Waals surface area contributed by atoms with Crippen LogP contribution in [0.15, 0.2) is 12.1 Å². The van der Waals surface area contributed by atoms with E-state index in [-0.39, 0.29) is 11.9 Å². The fourth-order valence-corrected chi connectivity index (χ4v) is 3.18. The van der Waals surface area contributed by atoms with Gasteiger partial charge >= 0.3 is 5.97 Å². The molecular formula is C20H33N2O4+. The van der Waals surface area contributed by atoms with E-state index >= 15 is 0 Å². The number of likely N-dealkylation sites (N-methyl/N-ethyl adjacent to an activating group) is 1. The molecule has 0 aliphatic heterocycles. The Bertz CT molecular complexity index is 639. The van der Waals surface area contributed by atoms with Gasteiger partial charge in [-0.15, -0.1) is 0 Å². The van der Waals surface area contributed by atoms with Gasteiger partial charge in [0, 0.05) is 6.42 Å². The van der Waals surface area contributed by atoms with Gasteiger partial charge in [0.05, 0.1) is 45.6 Å². The zero-order valence-electron chi connectivity index (χ0n) is 17.1. The molecule has 0 heterocycles. The molecule has 146 valence electrons. The largest absolute Gasteiger partial charge is 0.497 e. The van der Waals surface area contributed by atoms with Crippen molar-refractivity contribution in [1.29, 1.82) is 0 Å². The van der Waals surface area contributed by atoms with Gasteiger partial charge in [-0.3, -0.25) is 4.79 Å². The fourth-order valence-electron chi connectivity index (χ4n) is 3.18. The highest BCUT2D eigenvalue weighted by atomic mass is 16.5. The van der Waals surface area contributed by atoms with Crippen molar-refractivity contribution in [1.82, 2.24) is 0 Å². The number of carbonyl (C=O) groups is 2. The van der Waals surface area contributed by atoms with Crippen molar-refractivity contribution in [2.24, 2.45) is 0 Å². The minimum atomic E-state index is -0.502. The average Bonchev–Trinajstić information content (AvgIpc) is 2.65. The predicted molar refractivity (Wildman–Crippen MR) is 104 cm³/mol. The highest BCUT2D eigenvalue weighted by Crippen LogP contribution is 2.28. The van der Waals surface area contributed by atoms with Crippen LogP contribution in [-0.2, 0) is 9.53 Å². The Labute approximate surface area is 157 Å². The van der Waals surface area contributed by atoms with E-state index in [2.05, 4.69) is 33.1 Å². The number of rotatable bonds is 9. The molecule has 1 rings (SSSR count). The van der Waals surface area contributed by atoms with Crippen LogP contribution in [0.4, 0.5) is 5.69 Å². The number of benzene rings is 1. The second-order valence-corrected chi connectivity index (χ2v) is 6.76. The Kier molecular flexibility index (Phi) is 8.08. The smallest absolute Gasteiger partial charge is 0.340 e. The van der Waals surface area contributed by atoms with Crippen LogP contribution in [0.2, 0.25) is 0 Å². The fraction of sp³-hybridized carbons (Fsp3) is 0.600. The second kappa shape index (κ2) is 9.57. The molecule has 0 radical (unpaired) electrons. The van der Waals surface area contributed by atoms with E-state index in [1.54, 1.807) is 12.1 Å². The summed E-state index contributed by atoms with van der Waals surface area (Å²) in [5, 5.41) is 2.99. The third-order valence-corrected chi connectivity index (χ3v) is 5.26. The van der Waals surface area contributed by atoms with E-state index in [0.717, 1.165) is 31.5 Å². The number of amides is 1. The lowest BCUT2D eigenvalue weighted by molar-refractivity contribution is -0.921. The molecule has 1 aromatic rings. The van der Waals surface area contributed by atoms with Crippen LogP contribution in [0.3, 0.4) is 0 Å². The minimum absolute atomic E-state index is 0.0727. The van der Waals surface area contributed by atoms with Crippen LogP contribution >= 0.6 is 0 Å². The normalized spacial score (nSPS) is 12.4. The van der Waals surface area contributed by atoms with Crippen LogP contribution in [0.5, 0.6) is 5.75 Å². The zero-order valence-corrected chi connectivity index (χ0v) is 17.1. The molecule has 0 fully saturated rings. The third-order valence-electron chi connectivity index (χ3n) is 5.26. The summed E-state index contributed by atoms with van der Waals surface area (Å²) in [5.41, 5.74) is 1.55. The SMILES string of the molecule is CCCC(C(=O)Nc1c(C)cc(OC)cc1C(=O)OC)[N+](C)(CC)CC. The van der Waals surface area contributed by atoms with Crippen molar-refractivity contribution in [3.8, 4) is 5.75 Å². The Morgan fingerprint density at radius 1 is 1.15 bits per heavy atom. The first-order chi connectivity index (χ1) is 12.3. The lowest BCUT2D eigenvalue weighted by Gasteiger charge is -2.39. The number of carbonyl (C=O) groups excluding carboxylic acids is 2. The van der Waals surface area contributed by atoms with E-state index in [0.29, 0.717) is 21.5 Å². The van der Waals surface area contributed by atoms with E-state index in [4.69, 9.17) is 9.47 Å². The number of nitrogens with zero attached hydrogens (tertiary/aromatic N) is 1. The molecule has 1 amide bonds. The lowest BCUT2D eigenvalue weighted by atomic mass is 10.0. The number of aryl methyl sites for hydroxylation is 1. The molecule has 0 aliphatic carbocycles. The summed E-state index contributed by atoms with van der Waals surface area (Å²) in [4.78, 5) is 25.3. The van der Waals surface area contributed by atoms with Gasteiger partial charge in [-0.05, 0) is 44.9 Å². The monoisotopic (exact) mass is 365 g/mol. The molecule has 1 aromatic carbocycles. The first-order valence-corrected chi connectivity index (χ1v) is 9.19. The molecule has 0 aromatic heterocycles. The number of quaternary nitrogens is 1. The number of nitrogens with one attached hydrogen (secondary N) is 1. The molecule has 1 N–H and O–H groups in total. The van der Waals surface area contributed by atoms with Crippen molar-refractivity contribution in [3.05, 3.63) is 23.3 Å². The number of esters is 1.